The summed E-state index contributed by atoms with van der Waals surface area (Å²) in [6.45, 7) is 0. The van der Waals surface area contributed by atoms with E-state index < -0.39 is 17.7 Å². The van der Waals surface area contributed by atoms with Gasteiger partial charge in [-0.25, -0.2) is 4.98 Å². The van der Waals surface area contributed by atoms with Crippen LogP contribution >= 0.6 is 0 Å². The number of aliphatic hydroxyl groups excluding tert-OH is 1. The molecule has 1 amide bonds. The van der Waals surface area contributed by atoms with Crippen LogP contribution in [0.15, 0.2) is 72.7 Å². The van der Waals surface area contributed by atoms with Crippen molar-refractivity contribution >= 4 is 45.3 Å². The first-order chi connectivity index (χ1) is 18.0. The quantitative estimate of drug-likeness (QED) is 0.190. The van der Waals surface area contributed by atoms with Crippen LogP contribution < -0.4 is 14.4 Å². The number of imidazole rings is 1. The van der Waals surface area contributed by atoms with Gasteiger partial charge in [0.15, 0.2) is 11.5 Å². The van der Waals surface area contributed by atoms with E-state index in [1.165, 1.54) is 19.1 Å². The highest BCUT2D eigenvalue weighted by molar-refractivity contribution is 6.51. The molecule has 10 nitrogen and oxygen atoms in total. The van der Waals surface area contributed by atoms with Gasteiger partial charge in [-0.3, -0.25) is 19.5 Å². The number of aliphatic hydroxyl groups is 1. The number of H-pyrrole nitrogens is 2. The van der Waals surface area contributed by atoms with Crippen LogP contribution in [0.4, 0.5) is 5.95 Å². The first kappa shape index (κ1) is 22.4. The zero-order chi connectivity index (χ0) is 25.7. The Kier molecular flexibility index (Phi) is 5.15. The number of benzene rings is 2. The Labute approximate surface area is 210 Å². The summed E-state index contributed by atoms with van der Waals surface area (Å²) < 4.78 is 10.7. The van der Waals surface area contributed by atoms with Crippen LogP contribution in [-0.4, -0.2) is 51.0 Å². The van der Waals surface area contributed by atoms with E-state index in [4.69, 9.17) is 9.47 Å². The average molecular weight is 495 g/mol. The molecule has 1 aliphatic rings. The molecule has 184 valence electrons. The van der Waals surface area contributed by atoms with Gasteiger partial charge in [0.1, 0.15) is 5.76 Å². The molecule has 0 spiro atoms. The lowest BCUT2D eigenvalue weighted by Crippen LogP contribution is -2.30. The molecule has 10 heteroatoms. The van der Waals surface area contributed by atoms with Crippen molar-refractivity contribution in [2.45, 2.75) is 6.04 Å². The number of anilines is 1. The number of Topliss-reactive ketones (excluding diaryl/α,β-unsaturated/α-hetero) is 1. The molecule has 0 radical (unpaired) electrons. The summed E-state index contributed by atoms with van der Waals surface area (Å²) in [4.78, 5) is 43.1. The van der Waals surface area contributed by atoms with Crippen LogP contribution in [0.5, 0.6) is 11.5 Å². The predicted molar refractivity (Wildman–Crippen MR) is 137 cm³/mol. The normalized spacial score (nSPS) is 17.1. The van der Waals surface area contributed by atoms with Crippen LogP contribution in [-0.2, 0) is 9.59 Å². The van der Waals surface area contributed by atoms with Crippen LogP contribution in [0.3, 0.4) is 0 Å². The van der Waals surface area contributed by atoms with Crippen molar-refractivity contribution in [1.82, 2.24) is 19.9 Å². The third kappa shape index (κ3) is 3.41. The standard InChI is InChI=1S/C27H21N5O5/c1-36-20-10-18-19(11-21(20)37-2)31-27(30-18)32-23(14-6-5-9-28-12-14)22(25(34)26(32)35)24(33)16-13-29-17-8-4-3-7-15(16)17/h3-13,23,29,33H,1-2H3,(H,30,31)/b24-22+. The van der Waals surface area contributed by atoms with E-state index in [9.17, 15) is 14.7 Å². The van der Waals surface area contributed by atoms with Gasteiger partial charge in [-0.15, -0.1) is 0 Å². The van der Waals surface area contributed by atoms with Crippen molar-refractivity contribution < 1.29 is 24.2 Å². The van der Waals surface area contributed by atoms with Crippen molar-refractivity contribution in [2.24, 2.45) is 0 Å². The lowest BCUT2D eigenvalue weighted by atomic mass is 9.96. The van der Waals surface area contributed by atoms with E-state index in [-0.39, 0.29) is 17.3 Å². The fraction of sp³-hybridized carbons (Fsp3) is 0.111. The number of carbonyl (C=O) groups is 2. The number of hydrogen-bond acceptors (Lipinski definition) is 7. The summed E-state index contributed by atoms with van der Waals surface area (Å²) >= 11 is 0. The summed E-state index contributed by atoms with van der Waals surface area (Å²) in [5, 5.41) is 12.2. The Balaban J connectivity index is 1.56. The number of ketones is 1. The highest BCUT2D eigenvalue weighted by Gasteiger charge is 2.48. The SMILES string of the molecule is COc1cc2nc(N3C(=O)C(=O)/C(=C(/O)c4c[nH]c5ccccc45)C3c3cccnc3)[nH]c2cc1OC. The van der Waals surface area contributed by atoms with Crippen molar-refractivity contribution in [3.05, 3.63) is 83.8 Å². The molecule has 3 aromatic heterocycles. The molecule has 1 atom stereocenters. The summed E-state index contributed by atoms with van der Waals surface area (Å²) in [5.41, 5.74) is 2.78. The number of aromatic amines is 2. The number of amides is 1. The molecule has 4 heterocycles. The maximum absolute atomic E-state index is 13.5. The summed E-state index contributed by atoms with van der Waals surface area (Å²) in [5.74, 6) is -0.847. The van der Waals surface area contributed by atoms with Crippen molar-refractivity contribution in [2.75, 3.05) is 19.1 Å². The van der Waals surface area contributed by atoms with Gasteiger partial charge in [0.05, 0.1) is 36.9 Å². The Morgan fingerprint density at radius 1 is 1.03 bits per heavy atom. The minimum absolute atomic E-state index is 0.0571. The van der Waals surface area contributed by atoms with Gasteiger partial charge in [-0.1, -0.05) is 24.3 Å². The zero-order valence-corrected chi connectivity index (χ0v) is 19.9. The molecule has 0 bridgehead atoms. The van der Waals surface area contributed by atoms with Gasteiger partial charge in [-0.05, 0) is 17.7 Å². The Bertz CT molecular complexity index is 1680. The number of nitrogens with zero attached hydrogens (tertiary/aromatic N) is 3. The third-order valence-electron chi connectivity index (χ3n) is 6.49. The second-order valence-electron chi connectivity index (χ2n) is 8.49. The number of methoxy groups -OCH3 is 2. The fourth-order valence-corrected chi connectivity index (χ4v) is 4.75. The number of para-hydroxylation sites is 1. The van der Waals surface area contributed by atoms with Crippen molar-refractivity contribution in [3.63, 3.8) is 0 Å². The molecular weight excluding hydrogens is 474 g/mol. The van der Waals surface area contributed by atoms with E-state index in [1.807, 2.05) is 24.3 Å². The lowest BCUT2D eigenvalue weighted by molar-refractivity contribution is -0.132. The lowest BCUT2D eigenvalue weighted by Gasteiger charge is -2.22. The molecular formula is C27H21N5O5. The maximum atomic E-state index is 13.5. The second kappa shape index (κ2) is 8.52. The van der Waals surface area contributed by atoms with Gasteiger partial charge < -0.3 is 24.5 Å². The van der Waals surface area contributed by atoms with Crippen LogP contribution in [0, 0.1) is 0 Å². The van der Waals surface area contributed by atoms with E-state index in [1.54, 1.807) is 42.9 Å². The molecule has 0 aliphatic carbocycles. The fourth-order valence-electron chi connectivity index (χ4n) is 4.75. The smallest absolute Gasteiger partial charge is 0.302 e. The van der Waals surface area contributed by atoms with E-state index >= 15 is 0 Å². The van der Waals surface area contributed by atoms with Crippen molar-refractivity contribution in [3.8, 4) is 11.5 Å². The molecule has 37 heavy (non-hydrogen) atoms. The van der Waals surface area contributed by atoms with Gasteiger partial charge in [0, 0.05) is 47.2 Å². The monoisotopic (exact) mass is 495 g/mol. The molecule has 6 rings (SSSR count). The molecule has 3 N–H and O–H groups in total. The van der Waals surface area contributed by atoms with Gasteiger partial charge >= 0.3 is 5.91 Å². The molecule has 0 saturated carbocycles. The predicted octanol–water partition coefficient (Wildman–Crippen LogP) is 4.08. The molecule has 1 aliphatic heterocycles. The minimum atomic E-state index is -0.966. The van der Waals surface area contributed by atoms with Gasteiger partial charge in [0.25, 0.3) is 5.78 Å². The number of ether oxygens (including phenoxy) is 2. The molecule has 1 saturated heterocycles. The zero-order valence-electron chi connectivity index (χ0n) is 19.9. The first-order valence-corrected chi connectivity index (χ1v) is 11.4. The van der Waals surface area contributed by atoms with Crippen LogP contribution in [0.25, 0.3) is 27.7 Å². The number of hydrogen-bond donors (Lipinski definition) is 3. The molecule has 5 aromatic rings. The molecule has 1 fully saturated rings. The van der Waals surface area contributed by atoms with E-state index in [2.05, 4.69) is 19.9 Å². The van der Waals surface area contributed by atoms with Gasteiger partial charge in [-0.2, -0.15) is 0 Å². The molecule has 1 unspecified atom stereocenters. The Hall–Kier alpha value is -5.12. The van der Waals surface area contributed by atoms with Crippen molar-refractivity contribution in [1.29, 1.82) is 0 Å². The van der Waals surface area contributed by atoms with Crippen LogP contribution in [0.2, 0.25) is 0 Å². The summed E-state index contributed by atoms with van der Waals surface area (Å²) in [6, 6.07) is 13.2. The highest BCUT2D eigenvalue weighted by Crippen LogP contribution is 2.43. The number of fused-ring (bicyclic) bond motifs is 2. The number of rotatable bonds is 5. The van der Waals surface area contributed by atoms with E-state index in [0.29, 0.717) is 33.7 Å². The topological polar surface area (TPSA) is 133 Å². The largest absolute Gasteiger partial charge is 0.507 e. The Morgan fingerprint density at radius 3 is 2.57 bits per heavy atom. The Morgan fingerprint density at radius 2 is 1.81 bits per heavy atom. The second-order valence-corrected chi connectivity index (χ2v) is 8.49. The summed E-state index contributed by atoms with van der Waals surface area (Å²) in [6.07, 6.45) is 4.77. The molecule has 2 aromatic carbocycles. The first-order valence-electron chi connectivity index (χ1n) is 11.4. The van der Waals surface area contributed by atoms with E-state index in [0.717, 1.165) is 10.9 Å². The highest BCUT2D eigenvalue weighted by atomic mass is 16.5. The average Bonchev–Trinajstić information content (AvgIpc) is 3.61. The number of pyridine rings is 1. The number of nitrogens with one attached hydrogen (secondary N) is 2. The van der Waals surface area contributed by atoms with Crippen LogP contribution in [0.1, 0.15) is 17.2 Å². The number of aromatic nitrogens is 4. The maximum Gasteiger partial charge on any atom is 0.302 e. The minimum Gasteiger partial charge on any atom is -0.507 e. The summed E-state index contributed by atoms with van der Waals surface area (Å²) in [7, 11) is 3.04. The third-order valence-corrected chi connectivity index (χ3v) is 6.49. The van der Waals surface area contributed by atoms with Gasteiger partial charge in [0.2, 0.25) is 5.95 Å². The number of carbonyl (C=O) groups excluding carboxylic acids is 2.